The Kier molecular flexibility index (Phi) is 15.8. The SMILES string of the molecule is CC(=CCCCCC(CCN(C)C)=C(C)C(=O)OCC=C(C)C(=O)O)C(=O)O.Cl. The predicted octanol–water partition coefficient (Wildman–Crippen LogP) is 3.84. The first-order valence-corrected chi connectivity index (χ1v) is 9.36. The minimum Gasteiger partial charge on any atom is -0.478 e. The van der Waals surface area contributed by atoms with Gasteiger partial charge in [-0.3, -0.25) is 0 Å². The van der Waals surface area contributed by atoms with Gasteiger partial charge in [0.2, 0.25) is 0 Å². The molecule has 0 atom stereocenters. The molecule has 0 aromatic carbocycles. The zero-order chi connectivity index (χ0) is 21.7. The van der Waals surface area contributed by atoms with Crippen LogP contribution in [0.5, 0.6) is 0 Å². The molecular weight excluding hydrogens is 398 g/mol. The van der Waals surface area contributed by atoms with E-state index in [1.165, 1.54) is 13.0 Å². The van der Waals surface area contributed by atoms with Crippen molar-refractivity contribution in [1.29, 1.82) is 0 Å². The van der Waals surface area contributed by atoms with Gasteiger partial charge in [0.1, 0.15) is 6.61 Å². The minimum absolute atomic E-state index is 0. The van der Waals surface area contributed by atoms with E-state index in [0.29, 0.717) is 17.6 Å². The summed E-state index contributed by atoms with van der Waals surface area (Å²) in [7, 11) is 3.93. The minimum atomic E-state index is -1.04. The first-order valence-electron chi connectivity index (χ1n) is 9.36. The van der Waals surface area contributed by atoms with Gasteiger partial charge in [-0.05, 0) is 73.0 Å². The zero-order valence-electron chi connectivity index (χ0n) is 18.0. The van der Waals surface area contributed by atoms with Gasteiger partial charge < -0.3 is 19.8 Å². The van der Waals surface area contributed by atoms with Crippen molar-refractivity contribution in [2.24, 2.45) is 0 Å². The first kappa shape index (κ1) is 29.1. The molecule has 0 spiro atoms. The molecule has 0 unspecified atom stereocenters. The number of unbranched alkanes of at least 4 members (excludes halogenated alkanes) is 2. The maximum atomic E-state index is 12.3. The van der Waals surface area contributed by atoms with Gasteiger partial charge in [-0.15, -0.1) is 12.4 Å². The van der Waals surface area contributed by atoms with Crippen molar-refractivity contribution in [2.45, 2.75) is 52.9 Å². The topological polar surface area (TPSA) is 104 Å². The first-order chi connectivity index (χ1) is 13.1. The number of rotatable bonds is 13. The van der Waals surface area contributed by atoms with Crippen molar-refractivity contribution < 1.29 is 29.3 Å². The van der Waals surface area contributed by atoms with Crippen molar-refractivity contribution in [3.8, 4) is 0 Å². The normalized spacial score (nSPS) is 12.9. The van der Waals surface area contributed by atoms with E-state index in [1.807, 2.05) is 19.0 Å². The molecule has 0 heterocycles. The number of allylic oxidation sites excluding steroid dienone is 1. The van der Waals surface area contributed by atoms with Crippen LogP contribution in [0.15, 0.2) is 34.4 Å². The predicted molar refractivity (Wildman–Crippen MR) is 115 cm³/mol. The Balaban J connectivity index is 0. The third kappa shape index (κ3) is 13.7. The van der Waals surface area contributed by atoms with E-state index in [0.717, 1.165) is 37.8 Å². The number of aliphatic carboxylic acids is 2. The highest BCUT2D eigenvalue weighted by molar-refractivity contribution is 5.89. The second-order valence-electron chi connectivity index (χ2n) is 7.01. The lowest BCUT2D eigenvalue weighted by atomic mass is 9.99. The smallest absolute Gasteiger partial charge is 0.333 e. The lowest BCUT2D eigenvalue weighted by Gasteiger charge is -2.15. The maximum absolute atomic E-state index is 12.3. The number of carbonyl (C=O) groups is 3. The molecule has 0 aliphatic rings. The van der Waals surface area contributed by atoms with Crippen molar-refractivity contribution in [1.82, 2.24) is 4.90 Å². The fourth-order valence-electron chi connectivity index (χ4n) is 2.33. The number of carboxylic acids is 2. The van der Waals surface area contributed by atoms with E-state index in [1.54, 1.807) is 19.9 Å². The van der Waals surface area contributed by atoms with E-state index >= 15 is 0 Å². The van der Waals surface area contributed by atoms with Crippen LogP contribution in [-0.2, 0) is 19.1 Å². The van der Waals surface area contributed by atoms with Gasteiger partial charge in [0.05, 0.1) is 0 Å². The van der Waals surface area contributed by atoms with Crippen molar-refractivity contribution in [3.05, 3.63) is 34.4 Å². The van der Waals surface area contributed by atoms with Crippen LogP contribution in [0.25, 0.3) is 0 Å². The van der Waals surface area contributed by atoms with E-state index in [-0.39, 0.29) is 24.6 Å². The van der Waals surface area contributed by atoms with E-state index in [9.17, 15) is 14.4 Å². The average Bonchev–Trinajstić information content (AvgIpc) is 2.62. The quantitative estimate of drug-likeness (QED) is 0.259. The van der Waals surface area contributed by atoms with Crippen LogP contribution in [0.2, 0.25) is 0 Å². The number of halogens is 1. The van der Waals surface area contributed by atoms with Crippen LogP contribution in [0, 0.1) is 0 Å². The van der Waals surface area contributed by atoms with Gasteiger partial charge in [0.15, 0.2) is 0 Å². The van der Waals surface area contributed by atoms with Crippen LogP contribution in [0.4, 0.5) is 0 Å². The molecule has 2 N–H and O–H groups in total. The monoisotopic (exact) mass is 431 g/mol. The number of hydrogen-bond acceptors (Lipinski definition) is 5. The van der Waals surface area contributed by atoms with Gasteiger partial charge in [0, 0.05) is 23.3 Å². The number of carboxylic acid groups (broad SMARTS) is 2. The fraction of sp³-hybridized carbons (Fsp3) is 0.571. The number of carbonyl (C=O) groups excluding carboxylic acids is 1. The summed E-state index contributed by atoms with van der Waals surface area (Å²) in [4.78, 5) is 35.9. The molecule has 0 saturated carbocycles. The van der Waals surface area contributed by atoms with Gasteiger partial charge in [-0.1, -0.05) is 11.6 Å². The highest BCUT2D eigenvalue weighted by Crippen LogP contribution is 2.19. The van der Waals surface area contributed by atoms with Gasteiger partial charge in [0.25, 0.3) is 0 Å². The molecule has 0 aliphatic heterocycles. The number of ether oxygens (including phenoxy) is 1. The van der Waals surface area contributed by atoms with Crippen molar-refractivity contribution >= 4 is 30.3 Å². The van der Waals surface area contributed by atoms with Crippen molar-refractivity contribution in [2.75, 3.05) is 27.2 Å². The Bertz CT molecular complexity index is 650. The molecule has 29 heavy (non-hydrogen) atoms. The highest BCUT2D eigenvalue weighted by Gasteiger charge is 2.13. The number of esters is 1. The summed E-state index contributed by atoms with van der Waals surface area (Å²) in [5.74, 6) is -2.38. The van der Waals surface area contributed by atoms with Gasteiger partial charge in [-0.25, -0.2) is 14.4 Å². The van der Waals surface area contributed by atoms with Crippen LogP contribution >= 0.6 is 12.4 Å². The largest absolute Gasteiger partial charge is 0.478 e. The molecule has 7 nitrogen and oxygen atoms in total. The summed E-state index contributed by atoms with van der Waals surface area (Å²) in [6, 6.07) is 0. The molecule has 0 rings (SSSR count). The second kappa shape index (κ2) is 15.8. The van der Waals surface area contributed by atoms with Crippen LogP contribution in [-0.4, -0.2) is 60.3 Å². The third-order valence-electron chi connectivity index (χ3n) is 4.36. The summed E-state index contributed by atoms with van der Waals surface area (Å²) < 4.78 is 5.17. The Hall–Kier alpha value is -2.12. The standard InChI is InChI=1S/C21H33NO6.ClH/c1-15(19(23)24)9-7-6-8-10-18(11-13-22(4)5)17(3)21(27)28-14-12-16(2)20(25)26;/h9,12H,6-8,10-11,13-14H2,1-5H3,(H,23,24)(H,25,26);1H. The summed E-state index contributed by atoms with van der Waals surface area (Å²) >= 11 is 0. The Morgan fingerprint density at radius 3 is 1.97 bits per heavy atom. The Labute approximate surface area is 179 Å². The highest BCUT2D eigenvalue weighted by atomic mass is 35.5. The molecule has 166 valence electrons. The lowest BCUT2D eigenvalue weighted by Crippen LogP contribution is -2.16. The zero-order valence-corrected chi connectivity index (χ0v) is 18.8. The van der Waals surface area contributed by atoms with E-state index < -0.39 is 17.9 Å². The molecule has 0 amide bonds. The van der Waals surface area contributed by atoms with Crippen LogP contribution in [0.1, 0.15) is 52.9 Å². The third-order valence-corrected chi connectivity index (χ3v) is 4.36. The Morgan fingerprint density at radius 2 is 1.45 bits per heavy atom. The molecule has 0 aromatic heterocycles. The fourth-order valence-corrected chi connectivity index (χ4v) is 2.33. The summed E-state index contributed by atoms with van der Waals surface area (Å²) in [6.07, 6.45) is 6.91. The second-order valence-corrected chi connectivity index (χ2v) is 7.01. The van der Waals surface area contributed by atoms with E-state index in [2.05, 4.69) is 0 Å². The van der Waals surface area contributed by atoms with E-state index in [4.69, 9.17) is 14.9 Å². The molecule has 8 heteroatoms. The summed E-state index contributed by atoms with van der Waals surface area (Å²) in [5.41, 5.74) is 2.04. The summed E-state index contributed by atoms with van der Waals surface area (Å²) in [5, 5.41) is 17.7. The molecule has 0 saturated heterocycles. The van der Waals surface area contributed by atoms with Gasteiger partial charge in [-0.2, -0.15) is 0 Å². The van der Waals surface area contributed by atoms with Crippen LogP contribution < -0.4 is 0 Å². The number of nitrogens with zero attached hydrogens (tertiary/aromatic N) is 1. The lowest BCUT2D eigenvalue weighted by molar-refractivity contribution is -0.138. The number of hydrogen-bond donors (Lipinski definition) is 2. The van der Waals surface area contributed by atoms with Crippen molar-refractivity contribution in [3.63, 3.8) is 0 Å². The summed E-state index contributed by atoms with van der Waals surface area (Å²) in [6.45, 7) is 5.48. The average molecular weight is 432 g/mol. The molecule has 0 aliphatic carbocycles. The Morgan fingerprint density at radius 1 is 0.897 bits per heavy atom. The van der Waals surface area contributed by atoms with Gasteiger partial charge >= 0.3 is 17.9 Å². The molecule has 0 radical (unpaired) electrons. The van der Waals surface area contributed by atoms with Crippen LogP contribution in [0.3, 0.4) is 0 Å². The molecule has 0 fully saturated rings. The molecule has 0 bridgehead atoms. The molecule has 0 aromatic rings. The maximum Gasteiger partial charge on any atom is 0.333 e. The molecular formula is C21H34ClNO6.